The van der Waals surface area contributed by atoms with Crippen molar-refractivity contribution in [1.29, 1.82) is 0 Å². The summed E-state index contributed by atoms with van der Waals surface area (Å²) in [5.41, 5.74) is 0. The van der Waals surface area contributed by atoms with E-state index in [2.05, 4.69) is 16.0 Å². The zero-order valence-corrected chi connectivity index (χ0v) is 23.7. The quantitative estimate of drug-likeness (QED) is 0.212. The number of nitrogens with one attached hydrogen (secondary N) is 3. The molecule has 0 unspecified atom stereocenters. The van der Waals surface area contributed by atoms with Gasteiger partial charge in [-0.05, 0) is 70.9 Å². The first kappa shape index (κ1) is 32.5. The monoisotopic (exact) mass is 552 g/mol. The molecule has 2 rings (SSSR count). The van der Waals surface area contributed by atoms with Crippen molar-refractivity contribution in [1.82, 2.24) is 20.9 Å². The van der Waals surface area contributed by atoms with Crippen LogP contribution in [0.4, 0.5) is 0 Å². The summed E-state index contributed by atoms with van der Waals surface area (Å²) in [6.45, 7) is 5.67. The SMILES string of the molecule is CCOC(=O)[C@H](CC1CCCCC1)NC(=O)[C@H](CC(=O)O)NC(=O)CN(CC)C(=O)CCCC1CCNCC1. The van der Waals surface area contributed by atoms with Gasteiger partial charge in [0.25, 0.3) is 0 Å². The zero-order valence-electron chi connectivity index (χ0n) is 23.7. The fraction of sp³-hybridized carbons (Fsp3) is 0.821. The number of carbonyl (C=O) groups is 5. The lowest BCUT2D eigenvalue weighted by atomic mass is 9.84. The summed E-state index contributed by atoms with van der Waals surface area (Å²) >= 11 is 0. The van der Waals surface area contributed by atoms with Crippen molar-refractivity contribution in [3.63, 3.8) is 0 Å². The maximum Gasteiger partial charge on any atom is 0.328 e. The van der Waals surface area contributed by atoms with E-state index in [4.69, 9.17) is 4.74 Å². The zero-order chi connectivity index (χ0) is 28.6. The number of piperidine rings is 1. The molecule has 0 aromatic carbocycles. The van der Waals surface area contributed by atoms with Gasteiger partial charge in [-0.15, -0.1) is 0 Å². The van der Waals surface area contributed by atoms with E-state index in [-0.39, 0.29) is 25.0 Å². The molecule has 1 aliphatic carbocycles. The van der Waals surface area contributed by atoms with Crippen LogP contribution in [0.15, 0.2) is 0 Å². The highest BCUT2D eigenvalue weighted by molar-refractivity contribution is 5.94. The Morgan fingerprint density at radius 3 is 2.26 bits per heavy atom. The number of carboxylic acids is 1. The molecule has 2 fully saturated rings. The molecule has 0 aromatic heterocycles. The molecule has 39 heavy (non-hydrogen) atoms. The molecular formula is C28H48N4O7. The minimum Gasteiger partial charge on any atom is -0.481 e. The number of carbonyl (C=O) groups excluding carboxylic acids is 4. The fourth-order valence-corrected chi connectivity index (χ4v) is 5.53. The lowest BCUT2D eigenvalue weighted by molar-refractivity contribution is -0.148. The van der Waals surface area contributed by atoms with Gasteiger partial charge in [0.05, 0.1) is 19.6 Å². The van der Waals surface area contributed by atoms with Crippen LogP contribution in [0.2, 0.25) is 0 Å². The third-order valence-electron chi connectivity index (χ3n) is 7.74. The van der Waals surface area contributed by atoms with E-state index in [9.17, 15) is 29.1 Å². The standard InChI is InChI=1S/C28H48N4O7/c1-3-32(25(34)12-8-11-20-13-15-29-16-14-20)19-24(33)30-22(18-26(35)36)27(37)31-23(28(38)39-4-2)17-21-9-6-5-7-10-21/h20-23,29H,3-19H2,1-2H3,(H,30,33)(H,31,37)(H,35,36)/t22-,23-/m0/s1. The van der Waals surface area contributed by atoms with Gasteiger partial charge in [0.2, 0.25) is 17.7 Å². The smallest absolute Gasteiger partial charge is 0.328 e. The van der Waals surface area contributed by atoms with Gasteiger partial charge in [-0.25, -0.2) is 4.79 Å². The maximum absolute atomic E-state index is 13.1. The molecule has 1 heterocycles. The average Bonchev–Trinajstić information content (AvgIpc) is 2.92. The van der Waals surface area contributed by atoms with Crippen LogP contribution in [0.1, 0.15) is 90.9 Å². The first-order valence-electron chi connectivity index (χ1n) is 14.7. The minimum atomic E-state index is -1.38. The third kappa shape index (κ3) is 12.4. The summed E-state index contributed by atoms with van der Waals surface area (Å²) in [4.78, 5) is 64.1. The van der Waals surface area contributed by atoms with E-state index in [0.717, 1.165) is 70.9 Å². The lowest BCUT2D eigenvalue weighted by Crippen LogP contribution is -2.54. The number of hydrogen-bond donors (Lipinski definition) is 4. The number of carboxylic acid groups (broad SMARTS) is 1. The fourth-order valence-electron chi connectivity index (χ4n) is 5.53. The molecule has 0 aromatic rings. The molecule has 2 aliphatic rings. The molecule has 11 nitrogen and oxygen atoms in total. The summed E-state index contributed by atoms with van der Waals surface area (Å²) in [5, 5.41) is 17.8. The van der Waals surface area contributed by atoms with Gasteiger partial charge in [0.1, 0.15) is 12.1 Å². The van der Waals surface area contributed by atoms with Crippen LogP contribution in [0, 0.1) is 11.8 Å². The van der Waals surface area contributed by atoms with Crippen LogP contribution >= 0.6 is 0 Å². The Bertz CT molecular complexity index is 810. The summed E-state index contributed by atoms with van der Waals surface area (Å²) in [5.74, 6) is -2.47. The van der Waals surface area contributed by atoms with Crippen LogP contribution in [0.5, 0.6) is 0 Å². The molecule has 0 radical (unpaired) electrons. The van der Waals surface area contributed by atoms with E-state index < -0.39 is 42.3 Å². The van der Waals surface area contributed by atoms with Crippen molar-refractivity contribution >= 4 is 29.7 Å². The summed E-state index contributed by atoms with van der Waals surface area (Å²) < 4.78 is 5.15. The molecule has 1 saturated carbocycles. The number of likely N-dealkylation sites (N-methyl/N-ethyl adjacent to an activating group) is 1. The first-order valence-corrected chi connectivity index (χ1v) is 14.7. The molecule has 222 valence electrons. The van der Waals surface area contributed by atoms with Crippen molar-refractivity contribution in [3.8, 4) is 0 Å². The van der Waals surface area contributed by atoms with Crippen LogP contribution < -0.4 is 16.0 Å². The highest BCUT2D eigenvalue weighted by Crippen LogP contribution is 2.27. The largest absolute Gasteiger partial charge is 0.481 e. The number of ether oxygens (including phenoxy) is 1. The summed E-state index contributed by atoms with van der Waals surface area (Å²) in [6, 6.07) is -2.30. The molecule has 1 saturated heterocycles. The Kier molecular flexibility index (Phi) is 14.9. The second-order valence-electron chi connectivity index (χ2n) is 10.8. The Morgan fingerprint density at radius 2 is 1.64 bits per heavy atom. The van der Waals surface area contributed by atoms with E-state index in [1.165, 1.54) is 4.90 Å². The Hall–Kier alpha value is -2.69. The molecule has 11 heteroatoms. The van der Waals surface area contributed by atoms with Crippen molar-refractivity contribution in [2.45, 2.75) is 103 Å². The maximum atomic E-state index is 13.1. The van der Waals surface area contributed by atoms with Crippen molar-refractivity contribution in [3.05, 3.63) is 0 Å². The Morgan fingerprint density at radius 1 is 0.949 bits per heavy atom. The normalized spacial score (nSPS) is 18.0. The van der Waals surface area contributed by atoms with Crippen LogP contribution in [0.25, 0.3) is 0 Å². The second kappa shape index (κ2) is 17.8. The number of nitrogens with zero attached hydrogens (tertiary/aromatic N) is 1. The number of esters is 1. The van der Waals surface area contributed by atoms with Gasteiger partial charge in [-0.1, -0.05) is 32.1 Å². The number of rotatable bonds is 16. The van der Waals surface area contributed by atoms with Crippen LogP contribution in [-0.2, 0) is 28.7 Å². The minimum absolute atomic E-state index is 0.143. The average molecular weight is 553 g/mol. The summed E-state index contributed by atoms with van der Waals surface area (Å²) in [6.07, 6.45) is 9.25. The summed E-state index contributed by atoms with van der Waals surface area (Å²) in [7, 11) is 0. The number of amides is 3. The molecule has 4 N–H and O–H groups in total. The number of hydrogen-bond acceptors (Lipinski definition) is 7. The molecule has 2 atom stereocenters. The highest BCUT2D eigenvalue weighted by atomic mass is 16.5. The van der Waals surface area contributed by atoms with E-state index >= 15 is 0 Å². The van der Waals surface area contributed by atoms with E-state index in [0.29, 0.717) is 25.3 Å². The predicted molar refractivity (Wildman–Crippen MR) is 146 cm³/mol. The van der Waals surface area contributed by atoms with Gasteiger partial charge in [0, 0.05) is 13.0 Å². The predicted octanol–water partition coefficient (Wildman–Crippen LogP) is 1.98. The third-order valence-corrected chi connectivity index (χ3v) is 7.74. The Labute approximate surface area is 232 Å². The second-order valence-corrected chi connectivity index (χ2v) is 10.8. The first-order chi connectivity index (χ1) is 18.7. The van der Waals surface area contributed by atoms with Gasteiger partial charge in [-0.2, -0.15) is 0 Å². The topological polar surface area (TPSA) is 154 Å². The van der Waals surface area contributed by atoms with Crippen molar-refractivity contribution in [2.75, 3.05) is 32.8 Å². The highest BCUT2D eigenvalue weighted by Gasteiger charge is 2.31. The van der Waals surface area contributed by atoms with Crippen LogP contribution in [-0.4, -0.2) is 84.5 Å². The molecule has 3 amide bonds. The van der Waals surface area contributed by atoms with Crippen molar-refractivity contribution < 1.29 is 33.8 Å². The van der Waals surface area contributed by atoms with Gasteiger partial charge in [-0.3, -0.25) is 19.2 Å². The number of aliphatic carboxylic acids is 1. The Balaban J connectivity index is 1.93. The molecule has 0 bridgehead atoms. The molecule has 0 spiro atoms. The van der Waals surface area contributed by atoms with Gasteiger partial charge in [0.15, 0.2) is 0 Å². The van der Waals surface area contributed by atoms with E-state index in [1.54, 1.807) is 13.8 Å². The van der Waals surface area contributed by atoms with Crippen molar-refractivity contribution in [2.24, 2.45) is 11.8 Å². The van der Waals surface area contributed by atoms with E-state index in [1.807, 2.05) is 0 Å². The van der Waals surface area contributed by atoms with Crippen LogP contribution in [0.3, 0.4) is 0 Å². The van der Waals surface area contributed by atoms with Gasteiger partial charge < -0.3 is 30.7 Å². The van der Waals surface area contributed by atoms with Gasteiger partial charge >= 0.3 is 11.9 Å². The lowest BCUT2D eigenvalue weighted by Gasteiger charge is -2.27. The molecule has 1 aliphatic heterocycles. The molecular weight excluding hydrogens is 504 g/mol.